The maximum atomic E-state index is 14.1. The normalized spacial score (nSPS) is 14.2. The zero-order valence-electron chi connectivity index (χ0n) is 19.5. The summed E-state index contributed by atoms with van der Waals surface area (Å²) in [6, 6.07) is 22.1. The van der Waals surface area contributed by atoms with Crippen molar-refractivity contribution in [3.63, 3.8) is 0 Å². The molecule has 0 atom stereocenters. The van der Waals surface area contributed by atoms with E-state index in [4.69, 9.17) is 16.3 Å². The highest BCUT2D eigenvalue weighted by Crippen LogP contribution is 2.31. The molecule has 1 aliphatic carbocycles. The number of benzene rings is 3. The Hall–Kier alpha value is -3.31. The molecule has 0 unspecified atom stereocenters. The molecule has 3 aromatic carbocycles. The smallest absolute Gasteiger partial charge is 0.268 e. The molecule has 4 aromatic rings. The standard InChI is InChI=1S/C29H28ClFN2O2/c30-22-10-6-8-20(16-22)18-33-26-14-7-15-28(35-19-21-9-4-5-13-25(21)31)24(26)17-27(33)29(34)32-23-11-2-1-3-12-23/h4-10,13-17,23H,1-3,11-12,18-19H2,(H,32,34). The van der Waals surface area contributed by atoms with Crippen molar-refractivity contribution < 1.29 is 13.9 Å². The van der Waals surface area contributed by atoms with Crippen molar-refractivity contribution in [2.75, 3.05) is 0 Å². The summed E-state index contributed by atoms with van der Waals surface area (Å²) in [5.74, 6) is 0.225. The molecule has 1 N–H and O–H groups in total. The number of nitrogens with zero attached hydrogens (tertiary/aromatic N) is 1. The Morgan fingerprint density at radius 1 is 1.00 bits per heavy atom. The van der Waals surface area contributed by atoms with Crippen molar-refractivity contribution in [3.05, 3.63) is 100 Å². The molecule has 1 saturated carbocycles. The van der Waals surface area contributed by atoms with Crippen LogP contribution in [0.25, 0.3) is 10.9 Å². The summed E-state index contributed by atoms with van der Waals surface area (Å²) in [5, 5.41) is 4.72. The first kappa shape index (κ1) is 23.4. The molecule has 1 heterocycles. The number of nitrogens with one attached hydrogen (secondary N) is 1. The fourth-order valence-electron chi connectivity index (χ4n) is 4.84. The van der Waals surface area contributed by atoms with Crippen LogP contribution in [0.1, 0.15) is 53.7 Å². The monoisotopic (exact) mass is 490 g/mol. The molecular formula is C29H28ClFN2O2. The topological polar surface area (TPSA) is 43.3 Å². The van der Waals surface area contributed by atoms with Crippen LogP contribution in [0.3, 0.4) is 0 Å². The van der Waals surface area contributed by atoms with Crippen molar-refractivity contribution in [2.24, 2.45) is 0 Å². The fraction of sp³-hybridized carbons (Fsp3) is 0.276. The van der Waals surface area contributed by atoms with Crippen LogP contribution in [0.2, 0.25) is 5.02 Å². The van der Waals surface area contributed by atoms with Gasteiger partial charge in [-0.3, -0.25) is 4.79 Å². The minimum absolute atomic E-state index is 0.0878. The van der Waals surface area contributed by atoms with E-state index in [2.05, 4.69) is 5.32 Å². The third-order valence-corrected chi connectivity index (χ3v) is 6.88. The summed E-state index contributed by atoms with van der Waals surface area (Å²) in [4.78, 5) is 13.4. The third-order valence-electron chi connectivity index (χ3n) is 6.65. The molecule has 6 heteroatoms. The first-order chi connectivity index (χ1) is 17.1. The van der Waals surface area contributed by atoms with Gasteiger partial charge in [-0.25, -0.2) is 4.39 Å². The van der Waals surface area contributed by atoms with Crippen LogP contribution in [0.15, 0.2) is 72.8 Å². The Balaban J connectivity index is 1.50. The molecule has 1 aromatic heterocycles. The summed E-state index contributed by atoms with van der Waals surface area (Å²) < 4.78 is 22.2. The summed E-state index contributed by atoms with van der Waals surface area (Å²) in [5.41, 5.74) is 2.94. The lowest BCUT2D eigenvalue weighted by atomic mass is 9.95. The van der Waals surface area contributed by atoms with E-state index in [1.807, 2.05) is 53.1 Å². The lowest BCUT2D eigenvalue weighted by molar-refractivity contribution is 0.0919. The van der Waals surface area contributed by atoms with E-state index in [0.717, 1.165) is 42.1 Å². The molecule has 4 nitrogen and oxygen atoms in total. The molecule has 180 valence electrons. The van der Waals surface area contributed by atoms with Gasteiger partial charge in [0.25, 0.3) is 5.91 Å². The van der Waals surface area contributed by atoms with E-state index in [9.17, 15) is 9.18 Å². The molecule has 0 spiro atoms. The second-order valence-corrected chi connectivity index (χ2v) is 9.56. The number of carbonyl (C=O) groups is 1. The van der Waals surface area contributed by atoms with Crippen molar-refractivity contribution in [2.45, 2.75) is 51.3 Å². The van der Waals surface area contributed by atoms with Crippen molar-refractivity contribution in [1.82, 2.24) is 9.88 Å². The van der Waals surface area contributed by atoms with Crippen LogP contribution in [-0.2, 0) is 13.2 Å². The zero-order valence-corrected chi connectivity index (χ0v) is 20.2. The number of ether oxygens (including phenoxy) is 1. The van der Waals surface area contributed by atoms with Gasteiger partial charge in [-0.15, -0.1) is 0 Å². The minimum atomic E-state index is -0.300. The Morgan fingerprint density at radius 2 is 1.80 bits per heavy atom. The summed E-state index contributed by atoms with van der Waals surface area (Å²) >= 11 is 6.23. The van der Waals surface area contributed by atoms with Gasteiger partial charge in [0, 0.05) is 28.6 Å². The lowest BCUT2D eigenvalue weighted by Gasteiger charge is -2.23. The predicted octanol–water partition coefficient (Wildman–Crippen LogP) is 7.12. The summed E-state index contributed by atoms with van der Waals surface area (Å²) in [7, 11) is 0. The second kappa shape index (κ2) is 10.5. The van der Waals surface area contributed by atoms with Crippen molar-refractivity contribution in [3.8, 4) is 5.75 Å². The number of amides is 1. The number of hydrogen-bond donors (Lipinski definition) is 1. The van der Waals surface area contributed by atoms with Gasteiger partial charge in [-0.05, 0) is 54.8 Å². The van der Waals surface area contributed by atoms with Gasteiger partial charge in [0.15, 0.2) is 0 Å². The lowest BCUT2D eigenvalue weighted by Crippen LogP contribution is -2.37. The number of rotatable bonds is 7. The maximum absolute atomic E-state index is 14.1. The molecule has 35 heavy (non-hydrogen) atoms. The van der Waals surface area contributed by atoms with Gasteiger partial charge in [-0.1, -0.05) is 67.3 Å². The van der Waals surface area contributed by atoms with E-state index < -0.39 is 0 Å². The van der Waals surface area contributed by atoms with Crippen LogP contribution >= 0.6 is 11.6 Å². The molecule has 0 saturated heterocycles. The summed E-state index contributed by atoms with van der Waals surface area (Å²) in [6.07, 6.45) is 5.54. The van der Waals surface area contributed by atoms with Crippen LogP contribution in [0.5, 0.6) is 5.75 Å². The number of aromatic nitrogens is 1. The van der Waals surface area contributed by atoms with E-state index >= 15 is 0 Å². The predicted molar refractivity (Wildman–Crippen MR) is 138 cm³/mol. The highest BCUT2D eigenvalue weighted by molar-refractivity contribution is 6.30. The largest absolute Gasteiger partial charge is 0.488 e. The highest BCUT2D eigenvalue weighted by Gasteiger charge is 2.22. The number of carbonyl (C=O) groups excluding carboxylic acids is 1. The van der Waals surface area contributed by atoms with Gasteiger partial charge >= 0.3 is 0 Å². The van der Waals surface area contributed by atoms with Gasteiger partial charge < -0.3 is 14.6 Å². The molecule has 0 bridgehead atoms. The Morgan fingerprint density at radius 3 is 2.60 bits per heavy atom. The van der Waals surface area contributed by atoms with Crippen molar-refractivity contribution >= 4 is 28.4 Å². The number of fused-ring (bicyclic) bond motifs is 1. The molecule has 1 amide bonds. The maximum Gasteiger partial charge on any atom is 0.268 e. The SMILES string of the molecule is O=C(NC1CCCCC1)c1cc2c(OCc3ccccc3F)cccc2n1Cc1cccc(Cl)c1. The molecule has 0 aliphatic heterocycles. The molecule has 0 radical (unpaired) electrons. The third kappa shape index (κ3) is 5.35. The van der Waals surface area contributed by atoms with Gasteiger partial charge in [0.1, 0.15) is 23.9 Å². The van der Waals surface area contributed by atoms with Gasteiger partial charge in [-0.2, -0.15) is 0 Å². The van der Waals surface area contributed by atoms with Crippen LogP contribution in [0.4, 0.5) is 4.39 Å². The number of hydrogen-bond acceptors (Lipinski definition) is 2. The highest BCUT2D eigenvalue weighted by atomic mass is 35.5. The average molecular weight is 491 g/mol. The van der Waals surface area contributed by atoms with Crippen LogP contribution in [0, 0.1) is 5.82 Å². The first-order valence-electron chi connectivity index (χ1n) is 12.1. The number of halogens is 2. The first-order valence-corrected chi connectivity index (χ1v) is 12.5. The van der Waals surface area contributed by atoms with Crippen molar-refractivity contribution in [1.29, 1.82) is 0 Å². The zero-order chi connectivity index (χ0) is 24.2. The molecule has 1 fully saturated rings. The van der Waals surface area contributed by atoms with Crippen LogP contribution < -0.4 is 10.1 Å². The Bertz CT molecular complexity index is 1340. The molecule has 1 aliphatic rings. The Labute approximate surface area is 209 Å². The van der Waals surface area contributed by atoms with Gasteiger partial charge in [0.05, 0.1) is 5.52 Å². The van der Waals surface area contributed by atoms with E-state index in [-0.39, 0.29) is 24.4 Å². The van der Waals surface area contributed by atoms with E-state index in [0.29, 0.717) is 28.6 Å². The second-order valence-electron chi connectivity index (χ2n) is 9.12. The molecular weight excluding hydrogens is 463 g/mol. The van der Waals surface area contributed by atoms with E-state index in [1.165, 1.54) is 12.5 Å². The van der Waals surface area contributed by atoms with E-state index in [1.54, 1.807) is 18.2 Å². The summed E-state index contributed by atoms with van der Waals surface area (Å²) in [6.45, 7) is 0.600. The minimum Gasteiger partial charge on any atom is -0.488 e. The Kier molecular flexibility index (Phi) is 7.05. The molecule has 5 rings (SSSR count). The average Bonchev–Trinajstić information content (AvgIpc) is 3.23. The van der Waals surface area contributed by atoms with Gasteiger partial charge in [0.2, 0.25) is 0 Å². The quantitative estimate of drug-likeness (QED) is 0.299. The van der Waals surface area contributed by atoms with Crippen LogP contribution in [-0.4, -0.2) is 16.5 Å². The fourth-order valence-corrected chi connectivity index (χ4v) is 5.05.